The Kier molecular flexibility index (Phi) is 5.46. The Balaban J connectivity index is 2.00. The zero-order chi connectivity index (χ0) is 15.2. The van der Waals surface area contributed by atoms with Gasteiger partial charge in [0.2, 0.25) is 11.9 Å². The highest BCUT2D eigenvalue weighted by Crippen LogP contribution is 2.16. The van der Waals surface area contributed by atoms with E-state index >= 15 is 0 Å². The van der Waals surface area contributed by atoms with Gasteiger partial charge >= 0.3 is 0 Å². The number of hydrogen-bond donors (Lipinski definition) is 3. The Morgan fingerprint density at radius 2 is 2.19 bits per heavy atom. The van der Waals surface area contributed by atoms with Crippen molar-refractivity contribution in [2.45, 2.75) is 45.3 Å². The van der Waals surface area contributed by atoms with Crippen LogP contribution in [0.3, 0.4) is 0 Å². The Bertz CT molecular complexity index is 558. The van der Waals surface area contributed by atoms with Crippen LogP contribution in [0.15, 0.2) is 17.5 Å². The largest absolute Gasteiger partial charge is 0.385 e. The highest BCUT2D eigenvalue weighted by atomic mass is 32.1. The summed E-state index contributed by atoms with van der Waals surface area (Å²) in [6, 6.07) is 4.47. The topological polar surface area (TPSA) is 97.0 Å². The second-order valence-corrected chi connectivity index (χ2v) is 5.95. The van der Waals surface area contributed by atoms with Gasteiger partial charge in [-0.1, -0.05) is 13.0 Å². The molecule has 0 aliphatic heterocycles. The molecule has 4 N–H and O–H groups in total. The average Bonchev–Trinajstić information content (AvgIpc) is 2.96. The highest BCUT2D eigenvalue weighted by Gasteiger charge is 2.13. The third-order valence-corrected chi connectivity index (χ3v) is 4.13. The minimum absolute atomic E-state index is 0.122. The Hall–Kier alpha value is -1.73. The van der Waals surface area contributed by atoms with Crippen LogP contribution in [0.2, 0.25) is 0 Å². The summed E-state index contributed by atoms with van der Waals surface area (Å²) in [6.45, 7) is 3.72. The van der Waals surface area contributed by atoms with E-state index in [1.807, 2.05) is 0 Å². The number of rotatable bonds is 7. The number of thiophene rings is 1. The van der Waals surface area contributed by atoms with Gasteiger partial charge in [0, 0.05) is 10.9 Å². The molecule has 0 bridgehead atoms. The van der Waals surface area contributed by atoms with E-state index in [0.717, 1.165) is 19.3 Å². The number of aryl methyl sites for hydroxylation is 1. The summed E-state index contributed by atoms with van der Waals surface area (Å²) in [5, 5.41) is 14.9. The summed E-state index contributed by atoms with van der Waals surface area (Å²) >= 11 is 1.77. The van der Waals surface area contributed by atoms with Crippen molar-refractivity contribution in [3.05, 3.63) is 28.2 Å². The maximum absolute atomic E-state index is 9.56. The van der Waals surface area contributed by atoms with Crippen molar-refractivity contribution in [2.75, 3.05) is 11.1 Å². The summed E-state index contributed by atoms with van der Waals surface area (Å²) in [6.07, 6.45) is 2.21. The van der Waals surface area contributed by atoms with Crippen LogP contribution in [0.25, 0.3) is 0 Å². The zero-order valence-electron chi connectivity index (χ0n) is 12.3. The van der Waals surface area contributed by atoms with E-state index < -0.39 is 6.10 Å². The van der Waals surface area contributed by atoms with Gasteiger partial charge in [0.05, 0.1) is 0 Å². The summed E-state index contributed by atoms with van der Waals surface area (Å²) in [5.74, 6) is 0.839. The molecule has 0 saturated heterocycles. The number of aliphatic hydroxyl groups excluding tert-OH is 1. The Morgan fingerprint density at radius 3 is 2.81 bits per heavy atom. The standard InChI is InChI=1S/C14H21N5OS/c1-3-10(6-7-11-5-4-8-21-11)16-14-18-12(9(2)20)17-13(15)19-14/h4-5,8-10,20H,3,6-7H2,1-2H3,(H3,15,16,17,18,19). The lowest BCUT2D eigenvalue weighted by Gasteiger charge is -2.17. The molecule has 114 valence electrons. The summed E-state index contributed by atoms with van der Waals surface area (Å²) in [4.78, 5) is 13.6. The molecule has 2 atom stereocenters. The summed E-state index contributed by atoms with van der Waals surface area (Å²) in [7, 11) is 0. The van der Waals surface area contributed by atoms with E-state index in [2.05, 4.69) is 44.7 Å². The second-order valence-electron chi connectivity index (χ2n) is 4.92. The first-order valence-electron chi connectivity index (χ1n) is 7.07. The minimum Gasteiger partial charge on any atom is -0.385 e. The first-order chi connectivity index (χ1) is 10.1. The van der Waals surface area contributed by atoms with Gasteiger partial charge < -0.3 is 16.2 Å². The van der Waals surface area contributed by atoms with Crippen molar-refractivity contribution < 1.29 is 5.11 Å². The lowest BCUT2D eigenvalue weighted by Crippen LogP contribution is -2.22. The number of nitrogens with two attached hydrogens (primary N) is 1. The molecule has 0 aliphatic carbocycles. The third kappa shape index (κ3) is 4.64. The second kappa shape index (κ2) is 7.33. The molecular weight excluding hydrogens is 286 g/mol. The molecule has 7 heteroatoms. The Labute approximate surface area is 128 Å². The van der Waals surface area contributed by atoms with Gasteiger partial charge in [-0.3, -0.25) is 0 Å². The monoisotopic (exact) mass is 307 g/mol. The van der Waals surface area contributed by atoms with Crippen molar-refractivity contribution in [2.24, 2.45) is 0 Å². The number of hydrogen-bond acceptors (Lipinski definition) is 7. The smallest absolute Gasteiger partial charge is 0.228 e. The molecule has 2 aromatic heterocycles. The van der Waals surface area contributed by atoms with E-state index in [0.29, 0.717) is 5.95 Å². The average molecular weight is 307 g/mol. The molecule has 2 rings (SSSR count). The zero-order valence-corrected chi connectivity index (χ0v) is 13.1. The van der Waals surface area contributed by atoms with Crippen LogP contribution in [0.5, 0.6) is 0 Å². The molecule has 2 aromatic rings. The van der Waals surface area contributed by atoms with Crippen LogP contribution in [0.4, 0.5) is 11.9 Å². The Morgan fingerprint density at radius 1 is 1.38 bits per heavy atom. The molecular formula is C14H21N5OS. The maximum Gasteiger partial charge on any atom is 0.228 e. The molecule has 2 heterocycles. The number of aromatic nitrogens is 3. The number of nitrogen functional groups attached to an aromatic ring is 1. The number of nitrogens with one attached hydrogen (secondary N) is 1. The fourth-order valence-corrected chi connectivity index (χ4v) is 2.72. The molecule has 0 radical (unpaired) electrons. The van der Waals surface area contributed by atoms with E-state index in [9.17, 15) is 5.11 Å². The molecule has 0 aliphatic rings. The van der Waals surface area contributed by atoms with Gasteiger partial charge in [-0.2, -0.15) is 15.0 Å². The fraction of sp³-hybridized carbons (Fsp3) is 0.500. The highest BCUT2D eigenvalue weighted by molar-refractivity contribution is 7.09. The normalized spacial score (nSPS) is 13.9. The van der Waals surface area contributed by atoms with Crippen molar-refractivity contribution in [1.82, 2.24) is 15.0 Å². The summed E-state index contributed by atoms with van der Waals surface area (Å²) < 4.78 is 0. The number of nitrogens with zero attached hydrogens (tertiary/aromatic N) is 3. The van der Waals surface area contributed by atoms with E-state index in [4.69, 9.17) is 5.73 Å². The van der Waals surface area contributed by atoms with Crippen LogP contribution in [-0.2, 0) is 6.42 Å². The first-order valence-corrected chi connectivity index (χ1v) is 7.95. The molecule has 0 fully saturated rings. The van der Waals surface area contributed by atoms with E-state index in [1.165, 1.54) is 4.88 Å². The fourth-order valence-electron chi connectivity index (χ4n) is 1.99. The molecule has 2 unspecified atom stereocenters. The van der Waals surface area contributed by atoms with Gasteiger partial charge in [-0.15, -0.1) is 11.3 Å². The first kappa shape index (κ1) is 15.7. The number of anilines is 2. The molecule has 6 nitrogen and oxygen atoms in total. The third-order valence-electron chi connectivity index (χ3n) is 3.19. The lowest BCUT2D eigenvalue weighted by molar-refractivity contribution is 0.189. The van der Waals surface area contributed by atoms with Crippen LogP contribution in [0, 0.1) is 0 Å². The van der Waals surface area contributed by atoms with Crippen LogP contribution >= 0.6 is 11.3 Å². The molecule has 0 aromatic carbocycles. The van der Waals surface area contributed by atoms with Gasteiger partial charge in [-0.25, -0.2) is 0 Å². The van der Waals surface area contributed by atoms with Gasteiger partial charge in [0.1, 0.15) is 6.10 Å². The van der Waals surface area contributed by atoms with Crippen molar-refractivity contribution in [1.29, 1.82) is 0 Å². The molecule has 21 heavy (non-hydrogen) atoms. The van der Waals surface area contributed by atoms with E-state index in [1.54, 1.807) is 18.3 Å². The quantitative estimate of drug-likeness (QED) is 0.726. The van der Waals surface area contributed by atoms with E-state index in [-0.39, 0.29) is 17.8 Å². The predicted molar refractivity (Wildman–Crippen MR) is 85.2 cm³/mol. The summed E-state index contributed by atoms with van der Waals surface area (Å²) in [5.41, 5.74) is 5.65. The van der Waals surface area contributed by atoms with Crippen molar-refractivity contribution in [3.63, 3.8) is 0 Å². The van der Waals surface area contributed by atoms with Crippen LogP contribution in [0.1, 0.15) is 43.5 Å². The minimum atomic E-state index is -0.762. The van der Waals surface area contributed by atoms with Gasteiger partial charge in [0.15, 0.2) is 5.82 Å². The molecule has 0 saturated carbocycles. The number of aliphatic hydroxyl groups is 1. The molecule has 0 spiro atoms. The van der Waals surface area contributed by atoms with Gasteiger partial charge in [0.25, 0.3) is 0 Å². The lowest BCUT2D eigenvalue weighted by atomic mass is 10.1. The van der Waals surface area contributed by atoms with Crippen LogP contribution < -0.4 is 11.1 Å². The maximum atomic E-state index is 9.56. The molecule has 0 amide bonds. The van der Waals surface area contributed by atoms with Gasteiger partial charge in [-0.05, 0) is 37.6 Å². The van der Waals surface area contributed by atoms with Crippen molar-refractivity contribution in [3.8, 4) is 0 Å². The SMILES string of the molecule is CCC(CCc1cccs1)Nc1nc(N)nc(C(C)O)n1. The predicted octanol–water partition coefficient (Wildman–Crippen LogP) is 2.39. The van der Waals surface area contributed by atoms with Crippen molar-refractivity contribution >= 4 is 23.2 Å². The van der Waals surface area contributed by atoms with Crippen LogP contribution in [-0.4, -0.2) is 26.1 Å².